The fourth-order valence-corrected chi connectivity index (χ4v) is 1.77. The number of imide groups is 1. The fraction of sp³-hybridized carbons (Fsp3) is 0.400. The Morgan fingerprint density at radius 1 is 1.27 bits per heavy atom. The molecule has 2 N–H and O–H groups in total. The van der Waals surface area contributed by atoms with E-state index in [1.165, 1.54) is 21.1 Å². The molecule has 7 heteroatoms. The van der Waals surface area contributed by atoms with Gasteiger partial charge in [-0.3, -0.25) is 14.9 Å². The molecule has 7 nitrogen and oxygen atoms in total. The lowest BCUT2D eigenvalue weighted by Crippen LogP contribution is -2.43. The highest BCUT2D eigenvalue weighted by atomic mass is 16.5. The molecule has 0 saturated heterocycles. The number of aryl methyl sites for hydroxylation is 1. The summed E-state index contributed by atoms with van der Waals surface area (Å²) in [7, 11) is 2.89. The third-order valence-electron chi connectivity index (χ3n) is 2.91. The molecule has 1 aromatic rings. The standard InChI is InChI=1S/C15H20N2O5/c1-9-5-6-12(21-4)11(7-9)8-13(18)22-10(2)14(19)17-15(20)16-3/h5-7,10H,8H2,1-4H3,(H2,16,17,19,20)/t10-/m1/s1. The molecule has 0 saturated carbocycles. The zero-order valence-corrected chi connectivity index (χ0v) is 13.1. The minimum atomic E-state index is -1.07. The van der Waals surface area contributed by atoms with Crippen LogP contribution in [0, 0.1) is 6.92 Å². The van der Waals surface area contributed by atoms with Crippen molar-refractivity contribution in [2.24, 2.45) is 0 Å². The van der Waals surface area contributed by atoms with Crippen molar-refractivity contribution in [3.05, 3.63) is 29.3 Å². The molecule has 0 fully saturated rings. The van der Waals surface area contributed by atoms with Gasteiger partial charge in [-0.25, -0.2) is 4.79 Å². The van der Waals surface area contributed by atoms with Crippen LogP contribution in [0.1, 0.15) is 18.1 Å². The van der Waals surface area contributed by atoms with E-state index >= 15 is 0 Å². The highest BCUT2D eigenvalue weighted by Crippen LogP contribution is 2.20. The third kappa shape index (κ3) is 5.08. The molecule has 120 valence electrons. The Morgan fingerprint density at radius 3 is 2.55 bits per heavy atom. The smallest absolute Gasteiger partial charge is 0.321 e. The summed E-state index contributed by atoms with van der Waals surface area (Å²) in [6.07, 6.45) is -1.09. The number of hydrogen-bond acceptors (Lipinski definition) is 5. The molecule has 22 heavy (non-hydrogen) atoms. The molecular weight excluding hydrogens is 288 g/mol. The maximum atomic E-state index is 11.9. The van der Waals surface area contributed by atoms with E-state index in [0.717, 1.165) is 5.56 Å². The van der Waals surface area contributed by atoms with Gasteiger partial charge < -0.3 is 14.8 Å². The normalized spacial score (nSPS) is 11.3. The van der Waals surface area contributed by atoms with E-state index in [-0.39, 0.29) is 6.42 Å². The molecule has 0 spiro atoms. The first-order valence-electron chi connectivity index (χ1n) is 6.73. The van der Waals surface area contributed by atoms with Gasteiger partial charge in [0, 0.05) is 12.6 Å². The van der Waals surface area contributed by atoms with Gasteiger partial charge in [0.15, 0.2) is 6.10 Å². The average molecular weight is 308 g/mol. The van der Waals surface area contributed by atoms with E-state index in [9.17, 15) is 14.4 Å². The molecular formula is C15H20N2O5. The monoisotopic (exact) mass is 308 g/mol. The summed E-state index contributed by atoms with van der Waals surface area (Å²) in [4.78, 5) is 34.5. The Labute approximate surface area is 129 Å². The zero-order chi connectivity index (χ0) is 16.7. The van der Waals surface area contributed by atoms with Crippen LogP contribution in [0.15, 0.2) is 18.2 Å². The van der Waals surface area contributed by atoms with Gasteiger partial charge >= 0.3 is 12.0 Å². The molecule has 1 aromatic carbocycles. The highest BCUT2D eigenvalue weighted by molar-refractivity contribution is 5.97. The summed E-state index contributed by atoms with van der Waals surface area (Å²) in [6.45, 7) is 3.29. The van der Waals surface area contributed by atoms with E-state index in [0.29, 0.717) is 11.3 Å². The number of esters is 1. The lowest BCUT2D eigenvalue weighted by Gasteiger charge is -2.14. The maximum absolute atomic E-state index is 11.9. The molecule has 0 aliphatic heterocycles. The van der Waals surface area contributed by atoms with E-state index in [1.807, 2.05) is 24.4 Å². The highest BCUT2D eigenvalue weighted by Gasteiger charge is 2.20. The van der Waals surface area contributed by atoms with Crippen LogP contribution in [0.2, 0.25) is 0 Å². The number of carbonyl (C=O) groups excluding carboxylic acids is 3. The molecule has 0 heterocycles. The number of amides is 3. The largest absolute Gasteiger partial charge is 0.496 e. The number of nitrogens with one attached hydrogen (secondary N) is 2. The molecule has 0 unspecified atom stereocenters. The van der Waals surface area contributed by atoms with Gasteiger partial charge in [0.05, 0.1) is 13.5 Å². The van der Waals surface area contributed by atoms with Crippen molar-refractivity contribution in [3.63, 3.8) is 0 Å². The Hall–Kier alpha value is -2.57. The molecule has 1 atom stereocenters. The van der Waals surface area contributed by atoms with Crippen molar-refractivity contribution < 1.29 is 23.9 Å². The van der Waals surface area contributed by atoms with Crippen molar-refractivity contribution in [1.29, 1.82) is 0 Å². The first kappa shape index (κ1) is 17.5. The SMILES string of the molecule is CNC(=O)NC(=O)[C@@H](C)OC(=O)Cc1cc(C)ccc1OC. The van der Waals surface area contributed by atoms with Crippen molar-refractivity contribution in [1.82, 2.24) is 10.6 Å². The van der Waals surface area contributed by atoms with Crippen LogP contribution in [0.4, 0.5) is 4.79 Å². The van der Waals surface area contributed by atoms with Gasteiger partial charge in [-0.05, 0) is 19.9 Å². The predicted molar refractivity (Wildman–Crippen MR) is 79.6 cm³/mol. The summed E-state index contributed by atoms with van der Waals surface area (Å²) in [5.74, 6) is -0.697. The molecule has 1 rings (SSSR count). The van der Waals surface area contributed by atoms with E-state index in [1.54, 1.807) is 6.07 Å². The second kappa shape index (κ2) is 8.02. The average Bonchev–Trinajstić information content (AvgIpc) is 2.47. The lowest BCUT2D eigenvalue weighted by molar-refractivity contribution is -0.153. The van der Waals surface area contributed by atoms with Gasteiger partial charge in [-0.2, -0.15) is 0 Å². The number of rotatable bonds is 5. The van der Waals surface area contributed by atoms with Gasteiger partial charge in [0.2, 0.25) is 0 Å². The Morgan fingerprint density at radius 2 is 1.95 bits per heavy atom. The van der Waals surface area contributed by atoms with Crippen LogP contribution in [-0.4, -0.2) is 38.2 Å². The number of benzene rings is 1. The van der Waals surface area contributed by atoms with Crippen LogP contribution >= 0.6 is 0 Å². The Balaban J connectivity index is 2.64. The van der Waals surface area contributed by atoms with Crippen molar-refractivity contribution in [3.8, 4) is 5.75 Å². The van der Waals surface area contributed by atoms with Gasteiger partial charge in [-0.1, -0.05) is 17.7 Å². The summed E-state index contributed by atoms with van der Waals surface area (Å²) in [5, 5.41) is 4.28. The Bertz CT molecular complexity index is 571. The quantitative estimate of drug-likeness (QED) is 0.789. The third-order valence-corrected chi connectivity index (χ3v) is 2.91. The lowest BCUT2D eigenvalue weighted by atomic mass is 10.1. The maximum Gasteiger partial charge on any atom is 0.321 e. The zero-order valence-electron chi connectivity index (χ0n) is 13.1. The molecule has 3 amide bonds. The Kier molecular flexibility index (Phi) is 6.37. The minimum absolute atomic E-state index is 0.0253. The van der Waals surface area contributed by atoms with Crippen LogP contribution in [0.5, 0.6) is 5.75 Å². The van der Waals surface area contributed by atoms with Crippen molar-refractivity contribution >= 4 is 17.9 Å². The number of ether oxygens (including phenoxy) is 2. The minimum Gasteiger partial charge on any atom is -0.496 e. The molecule has 0 aromatic heterocycles. The number of carbonyl (C=O) groups is 3. The summed E-state index contributed by atoms with van der Waals surface area (Å²) in [5.41, 5.74) is 1.65. The fourth-order valence-electron chi connectivity index (χ4n) is 1.77. The van der Waals surface area contributed by atoms with Gasteiger partial charge in [-0.15, -0.1) is 0 Å². The topological polar surface area (TPSA) is 93.7 Å². The van der Waals surface area contributed by atoms with Gasteiger partial charge in [0.1, 0.15) is 5.75 Å². The predicted octanol–water partition coefficient (Wildman–Crippen LogP) is 0.933. The molecule has 0 radical (unpaired) electrons. The second-order valence-corrected chi connectivity index (χ2v) is 4.69. The number of urea groups is 1. The first-order chi connectivity index (χ1) is 10.4. The molecule has 0 aliphatic rings. The summed E-state index contributed by atoms with van der Waals surface area (Å²) in [6, 6.07) is 4.79. The van der Waals surface area contributed by atoms with Crippen molar-refractivity contribution in [2.45, 2.75) is 26.4 Å². The van der Waals surface area contributed by atoms with Crippen LogP contribution in [0.3, 0.4) is 0 Å². The van der Waals surface area contributed by atoms with Crippen LogP contribution in [-0.2, 0) is 20.7 Å². The summed E-state index contributed by atoms with van der Waals surface area (Å²) >= 11 is 0. The first-order valence-corrected chi connectivity index (χ1v) is 6.73. The van der Waals surface area contributed by atoms with E-state index in [4.69, 9.17) is 9.47 Å². The van der Waals surface area contributed by atoms with Crippen LogP contribution < -0.4 is 15.4 Å². The summed E-state index contributed by atoms with van der Waals surface area (Å²) < 4.78 is 10.2. The number of methoxy groups -OCH3 is 1. The van der Waals surface area contributed by atoms with E-state index < -0.39 is 24.0 Å². The van der Waals surface area contributed by atoms with Crippen LogP contribution in [0.25, 0.3) is 0 Å². The van der Waals surface area contributed by atoms with Gasteiger partial charge in [0.25, 0.3) is 5.91 Å². The molecule has 0 aliphatic carbocycles. The van der Waals surface area contributed by atoms with E-state index in [2.05, 4.69) is 5.32 Å². The number of hydrogen-bond donors (Lipinski definition) is 2. The molecule has 0 bridgehead atoms. The van der Waals surface area contributed by atoms with Crippen molar-refractivity contribution in [2.75, 3.05) is 14.2 Å². The second-order valence-electron chi connectivity index (χ2n) is 4.69.